The second-order valence-electron chi connectivity index (χ2n) is 3.47. The van der Waals surface area contributed by atoms with Gasteiger partial charge >= 0.3 is 0 Å². The van der Waals surface area contributed by atoms with E-state index in [0.717, 1.165) is 13.1 Å². The van der Waals surface area contributed by atoms with Crippen molar-refractivity contribution in [2.24, 2.45) is 0 Å². The highest BCUT2D eigenvalue weighted by Crippen LogP contribution is 2.10. The van der Waals surface area contributed by atoms with Crippen molar-refractivity contribution in [3.63, 3.8) is 0 Å². The molecule has 1 amide bonds. The lowest BCUT2D eigenvalue weighted by molar-refractivity contribution is -0.120. The van der Waals surface area contributed by atoms with Crippen LogP contribution in [0.15, 0.2) is 0 Å². The second-order valence-corrected chi connectivity index (χ2v) is 3.47. The summed E-state index contributed by atoms with van der Waals surface area (Å²) in [4.78, 5) is 13.1. The normalized spacial score (nSPS) is 21.8. The van der Waals surface area contributed by atoms with Crippen molar-refractivity contribution in [1.29, 1.82) is 0 Å². The number of nitrogens with zero attached hydrogens (tertiary/aromatic N) is 1. The standard InChI is InChI=1S/C9H18N2O/c1-8(10-9(2)12)11-6-4-3-5-7-11/h8H,3-7H2,1-2H3,(H,10,12). The Hall–Kier alpha value is -0.570. The molecule has 1 saturated heterocycles. The molecule has 3 heteroatoms. The molecule has 0 radical (unpaired) electrons. The Morgan fingerprint density at radius 1 is 1.33 bits per heavy atom. The lowest BCUT2D eigenvalue weighted by Gasteiger charge is -2.32. The van der Waals surface area contributed by atoms with Gasteiger partial charge in [0, 0.05) is 20.0 Å². The van der Waals surface area contributed by atoms with Gasteiger partial charge in [-0.05, 0) is 19.8 Å². The molecular formula is C9H18N2O. The number of hydrogen-bond donors (Lipinski definition) is 1. The molecule has 0 aromatic rings. The molecule has 0 aromatic heterocycles. The van der Waals surface area contributed by atoms with Crippen molar-refractivity contribution in [3.05, 3.63) is 0 Å². The molecule has 1 N–H and O–H groups in total. The Bertz CT molecular complexity index is 153. The number of carbonyl (C=O) groups is 1. The first kappa shape index (κ1) is 9.52. The minimum Gasteiger partial charge on any atom is -0.341 e. The van der Waals surface area contributed by atoms with Gasteiger partial charge in [-0.15, -0.1) is 0 Å². The van der Waals surface area contributed by atoms with Gasteiger partial charge in [0.1, 0.15) is 0 Å². The maximum Gasteiger partial charge on any atom is 0.218 e. The zero-order valence-corrected chi connectivity index (χ0v) is 7.97. The SMILES string of the molecule is CC(=O)NC(C)N1CCCCC1. The van der Waals surface area contributed by atoms with Gasteiger partial charge in [-0.25, -0.2) is 0 Å². The van der Waals surface area contributed by atoms with Crippen molar-refractivity contribution < 1.29 is 4.79 Å². The minimum atomic E-state index is 0.0630. The predicted octanol–water partition coefficient (Wildman–Crippen LogP) is 0.954. The van der Waals surface area contributed by atoms with Crippen LogP contribution in [-0.2, 0) is 4.79 Å². The summed E-state index contributed by atoms with van der Waals surface area (Å²) in [6.45, 7) is 5.87. The first-order valence-corrected chi connectivity index (χ1v) is 4.71. The fourth-order valence-electron chi connectivity index (χ4n) is 1.69. The topological polar surface area (TPSA) is 32.3 Å². The lowest BCUT2D eigenvalue weighted by atomic mass is 10.1. The zero-order valence-electron chi connectivity index (χ0n) is 7.97. The first-order valence-electron chi connectivity index (χ1n) is 4.71. The van der Waals surface area contributed by atoms with E-state index in [0.29, 0.717) is 0 Å². The summed E-state index contributed by atoms with van der Waals surface area (Å²) < 4.78 is 0. The smallest absolute Gasteiger partial charge is 0.218 e. The van der Waals surface area contributed by atoms with Crippen molar-refractivity contribution in [1.82, 2.24) is 10.2 Å². The van der Waals surface area contributed by atoms with Crippen LogP contribution in [0.1, 0.15) is 33.1 Å². The molecule has 1 fully saturated rings. The van der Waals surface area contributed by atoms with E-state index in [9.17, 15) is 4.79 Å². The molecule has 0 spiro atoms. The van der Waals surface area contributed by atoms with E-state index < -0.39 is 0 Å². The van der Waals surface area contributed by atoms with Gasteiger partial charge in [0.05, 0.1) is 6.17 Å². The van der Waals surface area contributed by atoms with Crippen LogP contribution in [-0.4, -0.2) is 30.1 Å². The monoisotopic (exact) mass is 170 g/mol. The van der Waals surface area contributed by atoms with E-state index in [2.05, 4.69) is 10.2 Å². The van der Waals surface area contributed by atoms with Gasteiger partial charge in [0.25, 0.3) is 0 Å². The maximum absolute atomic E-state index is 10.8. The minimum absolute atomic E-state index is 0.0630. The summed E-state index contributed by atoms with van der Waals surface area (Å²) in [7, 11) is 0. The molecule has 70 valence electrons. The van der Waals surface area contributed by atoms with Gasteiger partial charge in [-0.1, -0.05) is 6.42 Å². The van der Waals surface area contributed by atoms with Crippen molar-refractivity contribution in [2.45, 2.75) is 39.3 Å². The van der Waals surface area contributed by atoms with Gasteiger partial charge in [-0.2, -0.15) is 0 Å². The average molecular weight is 170 g/mol. The third-order valence-electron chi connectivity index (χ3n) is 2.35. The molecule has 1 atom stereocenters. The van der Waals surface area contributed by atoms with E-state index in [1.54, 1.807) is 6.92 Å². The van der Waals surface area contributed by atoms with Crippen molar-refractivity contribution in [2.75, 3.05) is 13.1 Å². The summed E-state index contributed by atoms with van der Waals surface area (Å²) in [6, 6.07) is 0. The van der Waals surface area contributed by atoms with Crippen LogP contribution >= 0.6 is 0 Å². The van der Waals surface area contributed by atoms with Gasteiger partial charge < -0.3 is 5.32 Å². The third kappa shape index (κ3) is 2.81. The van der Waals surface area contributed by atoms with Crippen molar-refractivity contribution in [3.8, 4) is 0 Å². The Labute approximate surface area is 74.1 Å². The molecule has 1 rings (SSSR count). The number of likely N-dealkylation sites (tertiary alicyclic amines) is 1. The van der Waals surface area contributed by atoms with Crippen LogP contribution in [0, 0.1) is 0 Å². The van der Waals surface area contributed by atoms with Crippen LogP contribution in [0.25, 0.3) is 0 Å². The van der Waals surface area contributed by atoms with Gasteiger partial charge in [-0.3, -0.25) is 9.69 Å². The van der Waals surface area contributed by atoms with E-state index in [1.165, 1.54) is 19.3 Å². The molecule has 0 aliphatic carbocycles. The highest BCUT2D eigenvalue weighted by atomic mass is 16.1. The van der Waals surface area contributed by atoms with Crippen LogP contribution in [0.2, 0.25) is 0 Å². The molecule has 3 nitrogen and oxygen atoms in total. The molecular weight excluding hydrogens is 152 g/mol. The number of amides is 1. The summed E-state index contributed by atoms with van der Waals surface area (Å²) in [5.41, 5.74) is 0. The van der Waals surface area contributed by atoms with Crippen LogP contribution < -0.4 is 5.32 Å². The Balaban J connectivity index is 2.29. The van der Waals surface area contributed by atoms with Gasteiger partial charge in [0.2, 0.25) is 5.91 Å². The number of hydrogen-bond acceptors (Lipinski definition) is 2. The largest absolute Gasteiger partial charge is 0.341 e. The average Bonchev–Trinajstić information content (AvgIpc) is 2.05. The third-order valence-corrected chi connectivity index (χ3v) is 2.35. The highest BCUT2D eigenvalue weighted by Gasteiger charge is 2.16. The predicted molar refractivity (Wildman–Crippen MR) is 48.7 cm³/mol. The van der Waals surface area contributed by atoms with Crippen molar-refractivity contribution >= 4 is 5.91 Å². The molecule has 1 aliphatic heterocycles. The molecule has 0 aromatic carbocycles. The fraction of sp³-hybridized carbons (Fsp3) is 0.889. The Morgan fingerprint density at radius 3 is 2.42 bits per heavy atom. The highest BCUT2D eigenvalue weighted by molar-refractivity contribution is 5.73. The lowest BCUT2D eigenvalue weighted by Crippen LogP contribution is -2.47. The summed E-state index contributed by atoms with van der Waals surface area (Å²) in [5, 5.41) is 2.90. The molecule has 1 heterocycles. The van der Waals surface area contributed by atoms with Crippen LogP contribution in [0.4, 0.5) is 0 Å². The second kappa shape index (κ2) is 4.45. The number of nitrogens with one attached hydrogen (secondary N) is 1. The van der Waals surface area contributed by atoms with E-state index in [4.69, 9.17) is 0 Å². The number of piperidine rings is 1. The van der Waals surface area contributed by atoms with Gasteiger partial charge in [0.15, 0.2) is 0 Å². The zero-order chi connectivity index (χ0) is 8.97. The van der Waals surface area contributed by atoms with E-state index in [1.807, 2.05) is 6.92 Å². The Kier molecular flexibility index (Phi) is 3.53. The summed E-state index contributed by atoms with van der Waals surface area (Å²) >= 11 is 0. The quantitative estimate of drug-likeness (QED) is 0.669. The Morgan fingerprint density at radius 2 is 1.92 bits per heavy atom. The fourth-order valence-corrected chi connectivity index (χ4v) is 1.69. The molecule has 12 heavy (non-hydrogen) atoms. The molecule has 0 saturated carbocycles. The van der Waals surface area contributed by atoms with E-state index >= 15 is 0 Å². The maximum atomic E-state index is 10.8. The summed E-state index contributed by atoms with van der Waals surface area (Å²) in [6.07, 6.45) is 4.08. The van der Waals surface area contributed by atoms with Crippen LogP contribution in [0.5, 0.6) is 0 Å². The molecule has 0 bridgehead atoms. The number of rotatable bonds is 2. The first-order chi connectivity index (χ1) is 5.70. The molecule has 1 unspecified atom stereocenters. The van der Waals surface area contributed by atoms with Crippen LogP contribution in [0.3, 0.4) is 0 Å². The molecule has 1 aliphatic rings. The number of carbonyl (C=O) groups excluding carboxylic acids is 1. The van der Waals surface area contributed by atoms with E-state index in [-0.39, 0.29) is 12.1 Å². The summed E-state index contributed by atoms with van der Waals surface area (Å²) in [5.74, 6) is 0.0630.